The van der Waals surface area contributed by atoms with Gasteiger partial charge in [-0.05, 0) is 52.7 Å². The summed E-state index contributed by atoms with van der Waals surface area (Å²) in [4.78, 5) is 25.6. The molecule has 3 rings (SSSR count). The van der Waals surface area contributed by atoms with Gasteiger partial charge in [0.25, 0.3) is 5.91 Å². The van der Waals surface area contributed by atoms with Gasteiger partial charge in [-0.3, -0.25) is 4.79 Å². The third-order valence-corrected chi connectivity index (χ3v) is 5.19. The largest absolute Gasteiger partial charge is 0.492 e. The standard InChI is InChI=1S/C22H25BFNO5/c1-4-17-18(10-7-15-12-30-23(28)19(15)17)21(26)25-20(13(2)3)22(27)29-11-14-5-8-16(24)9-6-14/h5-10,13,20,28H,4,11-12H2,1-3H3,(H,25,26)/t20-/m0/s1. The van der Waals surface area contributed by atoms with Gasteiger partial charge in [-0.2, -0.15) is 0 Å². The van der Waals surface area contributed by atoms with E-state index in [4.69, 9.17) is 9.39 Å². The Balaban J connectivity index is 1.73. The van der Waals surface area contributed by atoms with Crippen molar-refractivity contribution in [2.24, 2.45) is 5.92 Å². The lowest BCUT2D eigenvalue weighted by Gasteiger charge is -2.22. The van der Waals surface area contributed by atoms with Crippen molar-refractivity contribution in [2.75, 3.05) is 0 Å². The molecule has 2 aromatic rings. The number of ether oxygens (including phenoxy) is 1. The van der Waals surface area contributed by atoms with Crippen molar-refractivity contribution >= 4 is 24.5 Å². The van der Waals surface area contributed by atoms with Crippen LogP contribution in [-0.2, 0) is 33.8 Å². The Labute approximate surface area is 175 Å². The van der Waals surface area contributed by atoms with Crippen LogP contribution in [-0.4, -0.2) is 30.1 Å². The summed E-state index contributed by atoms with van der Waals surface area (Å²) in [6, 6.07) is 8.27. The lowest BCUT2D eigenvalue weighted by atomic mass is 9.74. The highest BCUT2D eigenvalue weighted by molar-refractivity contribution is 6.62. The molecule has 0 aromatic heterocycles. The molecule has 0 saturated carbocycles. The van der Waals surface area contributed by atoms with Gasteiger partial charge in [-0.15, -0.1) is 0 Å². The molecule has 1 heterocycles. The van der Waals surface area contributed by atoms with Crippen LogP contribution >= 0.6 is 0 Å². The van der Waals surface area contributed by atoms with Gasteiger partial charge in [0.15, 0.2) is 0 Å². The summed E-state index contributed by atoms with van der Waals surface area (Å²) in [7, 11) is -1.05. The summed E-state index contributed by atoms with van der Waals surface area (Å²) in [5.74, 6) is -1.55. The van der Waals surface area contributed by atoms with Crippen molar-refractivity contribution in [1.29, 1.82) is 0 Å². The van der Waals surface area contributed by atoms with E-state index >= 15 is 0 Å². The van der Waals surface area contributed by atoms with E-state index in [-0.39, 0.29) is 18.3 Å². The molecule has 2 aromatic carbocycles. The van der Waals surface area contributed by atoms with E-state index < -0.39 is 25.0 Å². The molecule has 1 amide bonds. The first-order valence-corrected chi connectivity index (χ1v) is 9.98. The van der Waals surface area contributed by atoms with Gasteiger partial charge < -0.3 is 19.7 Å². The molecule has 2 N–H and O–H groups in total. The fourth-order valence-electron chi connectivity index (χ4n) is 3.53. The predicted molar refractivity (Wildman–Crippen MR) is 111 cm³/mol. The Bertz CT molecular complexity index is 932. The molecular formula is C22H25BFNO5. The zero-order valence-electron chi connectivity index (χ0n) is 17.3. The van der Waals surface area contributed by atoms with Crippen LogP contribution in [0.25, 0.3) is 0 Å². The zero-order valence-corrected chi connectivity index (χ0v) is 17.3. The third-order valence-electron chi connectivity index (χ3n) is 5.19. The Hall–Kier alpha value is -2.71. The van der Waals surface area contributed by atoms with Crippen LogP contribution in [0.5, 0.6) is 0 Å². The molecule has 0 spiro atoms. The van der Waals surface area contributed by atoms with Crippen LogP contribution in [0.2, 0.25) is 0 Å². The molecule has 0 aliphatic carbocycles. The van der Waals surface area contributed by atoms with E-state index in [0.29, 0.717) is 35.2 Å². The van der Waals surface area contributed by atoms with E-state index in [0.717, 1.165) is 5.56 Å². The molecule has 1 atom stereocenters. The number of halogens is 1. The molecule has 6 nitrogen and oxygen atoms in total. The van der Waals surface area contributed by atoms with Gasteiger partial charge in [0.1, 0.15) is 18.5 Å². The minimum atomic E-state index is -1.05. The van der Waals surface area contributed by atoms with Crippen LogP contribution in [0.1, 0.15) is 47.8 Å². The molecule has 1 aliphatic rings. The van der Waals surface area contributed by atoms with Gasteiger partial charge in [-0.1, -0.05) is 39.0 Å². The second-order valence-electron chi connectivity index (χ2n) is 7.61. The summed E-state index contributed by atoms with van der Waals surface area (Å²) in [6.45, 7) is 5.81. The van der Waals surface area contributed by atoms with Crippen molar-refractivity contribution in [3.8, 4) is 0 Å². The summed E-state index contributed by atoms with van der Waals surface area (Å²) in [5, 5.41) is 12.9. The first-order valence-electron chi connectivity index (χ1n) is 9.98. The van der Waals surface area contributed by atoms with E-state index in [1.807, 2.05) is 20.8 Å². The number of esters is 1. The second kappa shape index (κ2) is 9.41. The van der Waals surface area contributed by atoms with E-state index in [9.17, 15) is 19.0 Å². The maximum absolute atomic E-state index is 13.0. The maximum atomic E-state index is 13.0. The highest BCUT2D eigenvalue weighted by Gasteiger charge is 2.33. The highest BCUT2D eigenvalue weighted by atomic mass is 19.1. The van der Waals surface area contributed by atoms with Crippen LogP contribution in [0.3, 0.4) is 0 Å². The quantitative estimate of drug-likeness (QED) is 0.537. The van der Waals surface area contributed by atoms with Gasteiger partial charge in [-0.25, -0.2) is 9.18 Å². The molecule has 0 saturated heterocycles. The summed E-state index contributed by atoms with van der Waals surface area (Å²) in [6.07, 6.45) is 0.535. The first-order chi connectivity index (χ1) is 14.3. The van der Waals surface area contributed by atoms with E-state index in [2.05, 4.69) is 5.32 Å². The van der Waals surface area contributed by atoms with Gasteiger partial charge >= 0.3 is 13.1 Å². The normalized spacial score (nSPS) is 13.9. The number of benzene rings is 2. The molecule has 0 fully saturated rings. The summed E-state index contributed by atoms with van der Waals surface area (Å²) < 4.78 is 23.6. The first kappa shape index (κ1) is 22.0. The molecule has 0 radical (unpaired) electrons. The molecule has 8 heteroatoms. The fourth-order valence-corrected chi connectivity index (χ4v) is 3.53. The minimum Gasteiger partial charge on any atom is -0.459 e. The van der Waals surface area contributed by atoms with Crippen LogP contribution in [0.4, 0.5) is 4.39 Å². The van der Waals surface area contributed by atoms with Crippen LogP contribution < -0.4 is 10.8 Å². The molecule has 30 heavy (non-hydrogen) atoms. The Morgan fingerprint density at radius 1 is 1.23 bits per heavy atom. The van der Waals surface area contributed by atoms with Crippen molar-refractivity contribution in [1.82, 2.24) is 5.32 Å². The second-order valence-corrected chi connectivity index (χ2v) is 7.61. The average Bonchev–Trinajstić information content (AvgIpc) is 3.11. The molecular weight excluding hydrogens is 388 g/mol. The lowest BCUT2D eigenvalue weighted by molar-refractivity contribution is -0.148. The molecule has 0 bridgehead atoms. The van der Waals surface area contributed by atoms with E-state index in [1.54, 1.807) is 12.1 Å². The smallest absolute Gasteiger partial charge is 0.459 e. The van der Waals surface area contributed by atoms with Gasteiger partial charge in [0.2, 0.25) is 0 Å². The lowest BCUT2D eigenvalue weighted by Crippen LogP contribution is -2.46. The Morgan fingerprint density at radius 3 is 2.57 bits per heavy atom. The summed E-state index contributed by atoms with van der Waals surface area (Å²) in [5.41, 5.74) is 3.24. The topological polar surface area (TPSA) is 84.9 Å². The van der Waals surface area contributed by atoms with Gasteiger partial charge in [0, 0.05) is 5.56 Å². The number of fused-ring (bicyclic) bond motifs is 1. The molecule has 0 unspecified atom stereocenters. The van der Waals surface area contributed by atoms with Crippen molar-refractivity contribution in [2.45, 2.75) is 46.4 Å². The highest BCUT2D eigenvalue weighted by Crippen LogP contribution is 2.18. The number of rotatable bonds is 7. The fraction of sp³-hybridized carbons (Fsp3) is 0.364. The van der Waals surface area contributed by atoms with Crippen molar-refractivity contribution in [3.63, 3.8) is 0 Å². The number of carbonyl (C=O) groups is 2. The number of hydrogen-bond donors (Lipinski definition) is 2. The van der Waals surface area contributed by atoms with Crippen molar-refractivity contribution < 1.29 is 28.4 Å². The van der Waals surface area contributed by atoms with Gasteiger partial charge in [0.05, 0.1) is 6.61 Å². The van der Waals surface area contributed by atoms with E-state index in [1.165, 1.54) is 24.3 Å². The SMILES string of the molecule is CCc1c(C(=O)N[C@H](C(=O)OCc2ccc(F)cc2)C(C)C)ccc2c1B(O)OC2. The minimum absolute atomic E-state index is 0.0131. The molecule has 1 aliphatic heterocycles. The van der Waals surface area contributed by atoms with Crippen LogP contribution in [0.15, 0.2) is 36.4 Å². The number of amides is 1. The van der Waals surface area contributed by atoms with Crippen molar-refractivity contribution in [3.05, 3.63) is 64.5 Å². The monoisotopic (exact) mass is 413 g/mol. The maximum Gasteiger partial charge on any atom is 0.492 e. The summed E-state index contributed by atoms with van der Waals surface area (Å²) >= 11 is 0. The Kier molecular flexibility index (Phi) is 6.89. The number of carbonyl (C=O) groups excluding carboxylic acids is 2. The Morgan fingerprint density at radius 2 is 1.93 bits per heavy atom. The molecule has 158 valence electrons. The third kappa shape index (κ3) is 4.71. The zero-order chi connectivity index (χ0) is 21.8. The predicted octanol–water partition coefficient (Wildman–Crippen LogP) is 2.10. The number of nitrogens with one attached hydrogen (secondary N) is 1. The number of hydrogen-bond acceptors (Lipinski definition) is 5. The van der Waals surface area contributed by atoms with Crippen LogP contribution in [0, 0.1) is 11.7 Å². The average molecular weight is 413 g/mol.